The highest BCUT2D eigenvalue weighted by Gasteiger charge is 2.09. The second-order valence-corrected chi connectivity index (χ2v) is 5.16. The first-order valence-corrected chi connectivity index (χ1v) is 6.96. The molecule has 18 heavy (non-hydrogen) atoms. The van der Waals surface area contributed by atoms with Crippen molar-refractivity contribution in [3.8, 4) is 0 Å². The molecule has 0 atom stereocenters. The van der Waals surface area contributed by atoms with Gasteiger partial charge in [-0.1, -0.05) is 13.8 Å². The molecule has 0 aromatic rings. The predicted octanol–water partition coefficient (Wildman–Crippen LogP) is 0.0705. The summed E-state index contributed by atoms with van der Waals surface area (Å²) in [5.41, 5.74) is 0. The molecule has 1 aliphatic heterocycles. The van der Waals surface area contributed by atoms with E-state index in [1.807, 2.05) is 0 Å². The maximum atomic E-state index is 11.5. The van der Waals surface area contributed by atoms with Gasteiger partial charge in [0.05, 0.1) is 19.8 Å². The molecule has 0 unspecified atom stereocenters. The minimum absolute atomic E-state index is 0.0950. The van der Waals surface area contributed by atoms with Gasteiger partial charge in [-0.2, -0.15) is 0 Å². The number of ether oxygens (including phenoxy) is 1. The van der Waals surface area contributed by atoms with Crippen molar-refractivity contribution < 1.29 is 9.53 Å². The summed E-state index contributed by atoms with van der Waals surface area (Å²) >= 11 is 0. The first-order chi connectivity index (χ1) is 8.68. The van der Waals surface area contributed by atoms with Crippen molar-refractivity contribution >= 4 is 5.91 Å². The van der Waals surface area contributed by atoms with Gasteiger partial charge in [0.15, 0.2) is 0 Å². The molecule has 2 N–H and O–H groups in total. The molecule has 1 fully saturated rings. The fourth-order valence-corrected chi connectivity index (χ4v) is 1.83. The number of rotatable bonds is 8. The zero-order valence-corrected chi connectivity index (χ0v) is 11.7. The third kappa shape index (κ3) is 7.63. The molecule has 5 heteroatoms. The van der Waals surface area contributed by atoms with Crippen molar-refractivity contribution in [2.75, 3.05) is 52.5 Å². The number of morpholine rings is 1. The van der Waals surface area contributed by atoms with Crippen molar-refractivity contribution in [2.24, 2.45) is 5.92 Å². The number of nitrogens with zero attached hydrogens (tertiary/aromatic N) is 1. The molecule has 0 aliphatic carbocycles. The molecular weight excluding hydrogens is 230 g/mol. The van der Waals surface area contributed by atoms with Gasteiger partial charge in [-0.3, -0.25) is 9.69 Å². The van der Waals surface area contributed by atoms with Crippen molar-refractivity contribution in [1.82, 2.24) is 15.5 Å². The van der Waals surface area contributed by atoms with Crippen LogP contribution < -0.4 is 10.6 Å². The molecule has 1 rings (SSSR count). The lowest BCUT2D eigenvalue weighted by Crippen LogP contribution is -2.42. The summed E-state index contributed by atoms with van der Waals surface area (Å²) in [5, 5.41) is 6.09. The Hall–Kier alpha value is -0.650. The van der Waals surface area contributed by atoms with Crippen molar-refractivity contribution in [3.63, 3.8) is 0 Å². The predicted molar refractivity (Wildman–Crippen MR) is 72.6 cm³/mol. The van der Waals surface area contributed by atoms with Gasteiger partial charge < -0.3 is 15.4 Å². The Balaban J connectivity index is 1.91. The van der Waals surface area contributed by atoms with E-state index in [1.165, 1.54) is 0 Å². The molecule has 0 saturated carbocycles. The number of carbonyl (C=O) groups is 1. The van der Waals surface area contributed by atoms with Gasteiger partial charge in [-0.05, 0) is 12.3 Å². The summed E-state index contributed by atoms with van der Waals surface area (Å²) in [4.78, 5) is 13.8. The fraction of sp³-hybridized carbons (Fsp3) is 0.923. The van der Waals surface area contributed by atoms with Crippen LogP contribution in [0.1, 0.15) is 20.3 Å². The van der Waals surface area contributed by atoms with Crippen LogP contribution in [0.4, 0.5) is 0 Å². The minimum atomic E-state index is 0.0950. The van der Waals surface area contributed by atoms with Crippen LogP contribution in [-0.2, 0) is 9.53 Å². The molecule has 0 radical (unpaired) electrons. The van der Waals surface area contributed by atoms with E-state index >= 15 is 0 Å². The molecule has 5 nitrogen and oxygen atoms in total. The highest BCUT2D eigenvalue weighted by atomic mass is 16.5. The number of hydrogen-bond acceptors (Lipinski definition) is 4. The van der Waals surface area contributed by atoms with E-state index in [-0.39, 0.29) is 5.91 Å². The zero-order valence-electron chi connectivity index (χ0n) is 11.7. The third-order valence-electron chi connectivity index (χ3n) is 3.04. The monoisotopic (exact) mass is 257 g/mol. The first kappa shape index (κ1) is 15.4. The van der Waals surface area contributed by atoms with E-state index in [2.05, 4.69) is 29.4 Å². The Morgan fingerprint density at radius 3 is 2.67 bits per heavy atom. The van der Waals surface area contributed by atoms with E-state index < -0.39 is 0 Å². The summed E-state index contributed by atoms with van der Waals surface area (Å²) in [6.45, 7) is 11.0. The maximum absolute atomic E-state index is 11.5. The Bertz CT molecular complexity index is 228. The first-order valence-electron chi connectivity index (χ1n) is 6.96. The third-order valence-corrected chi connectivity index (χ3v) is 3.04. The second kappa shape index (κ2) is 9.30. The van der Waals surface area contributed by atoms with Crippen LogP contribution in [0.25, 0.3) is 0 Å². The smallest absolute Gasteiger partial charge is 0.233 e. The molecule has 1 aliphatic rings. The van der Waals surface area contributed by atoms with Crippen LogP contribution in [0.2, 0.25) is 0 Å². The van der Waals surface area contributed by atoms with Gasteiger partial charge in [0.2, 0.25) is 5.91 Å². The average molecular weight is 257 g/mol. The van der Waals surface area contributed by atoms with Gasteiger partial charge in [-0.15, -0.1) is 0 Å². The lowest BCUT2D eigenvalue weighted by molar-refractivity contribution is -0.120. The summed E-state index contributed by atoms with van der Waals surface area (Å²) in [5.74, 6) is 0.734. The number of amides is 1. The largest absolute Gasteiger partial charge is 0.379 e. The van der Waals surface area contributed by atoms with E-state index in [9.17, 15) is 4.79 Å². The van der Waals surface area contributed by atoms with Crippen LogP contribution in [-0.4, -0.2) is 63.3 Å². The quantitative estimate of drug-likeness (QED) is 0.604. The molecule has 1 saturated heterocycles. The Labute approximate surface area is 110 Å². The summed E-state index contributed by atoms with van der Waals surface area (Å²) in [6.07, 6.45) is 1.04. The van der Waals surface area contributed by atoms with E-state index in [4.69, 9.17) is 4.74 Å². The number of nitrogens with one attached hydrogen (secondary N) is 2. The van der Waals surface area contributed by atoms with Gasteiger partial charge in [-0.25, -0.2) is 0 Å². The second-order valence-electron chi connectivity index (χ2n) is 5.16. The SMILES string of the molecule is CC(C)CCNC(=O)CNCCN1CCOCC1. The summed E-state index contributed by atoms with van der Waals surface area (Å²) in [6, 6.07) is 0. The molecule has 0 spiro atoms. The molecule has 106 valence electrons. The molecule has 1 amide bonds. The fourth-order valence-electron chi connectivity index (χ4n) is 1.83. The summed E-state index contributed by atoms with van der Waals surface area (Å²) < 4.78 is 5.28. The van der Waals surface area contributed by atoms with E-state index in [1.54, 1.807) is 0 Å². The number of carbonyl (C=O) groups excluding carboxylic acids is 1. The Morgan fingerprint density at radius 1 is 1.28 bits per heavy atom. The number of hydrogen-bond donors (Lipinski definition) is 2. The molecule has 0 bridgehead atoms. The van der Waals surface area contributed by atoms with E-state index in [0.29, 0.717) is 12.5 Å². The van der Waals surface area contributed by atoms with E-state index in [0.717, 1.165) is 52.4 Å². The highest BCUT2D eigenvalue weighted by Crippen LogP contribution is 1.96. The maximum Gasteiger partial charge on any atom is 0.233 e. The van der Waals surface area contributed by atoms with Gasteiger partial charge in [0, 0.05) is 32.7 Å². The topological polar surface area (TPSA) is 53.6 Å². The van der Waals surface area contributed by atoms with Crippen LogP contribution in [0, 0.1) is 5.92 Å². The Morgan fingerprint density at radius 2 is 2.00 bits per heavy atom. The molecular formula is C13H27N3O2. The normalized spacial score (nSPS) is 17.1. The molecule has 1 heterocycles. The summed E-state index contributed by atoms with van der Waals surface area (Å²) in [7, 11) is 0. The molecule has 0 aromatic heterocycles. The van der Waals surface area contributed by atoms with Crippen molar-refractivity contribution in [3.05, 3.63) is 0 Å². The van der Waals surface area contributed by atoms with Gasteiger partial charge in [0.1, 0.15) is 0 Å². The van der Waals surface area contributed by atoms with Crippen LogP contribution >= 0.6 is 0 Å². The Kier molecular flexibility index (Phi) is 7.96. The zero-order chi connectivity index (χ0) is 13.2. The lowest BCUT2D eigenvalue weighted by Gasteiger charge is -2.26. The molecule has 0 aromatic carbocycles. The van der Waals surface area contributed by atoms with Crippen molar-refractivity contribution in [1.29, 1.82) is 0 Å². The van der Waals surface area contributed by atoms with Crippen LogP contribution in [0.15, 0.2) is 0 Å². The minimum Gasteiger partial charge on any atom is -0.379 e. The van der Waals surface area contributed by atoms with Crippen molar-refractivity contribution in [2.45, 2.75) is 20.3 Å². The average Bonchev–Trinajstić information content (AvgIpc) is 2.35. The van der Waals surface area contributed by atoms with Crippen LogP contribution in [0.3, 0.4) is 0 Å². The van der Waals surface area contributed by atoms with Gasteiger partial charge in [0.25, 0.3) is 0 Å². The highest BCUT2D eigenvalue weighted by molar-refractivity contribution is 5.77. The van der Waals surface area contributed by atoms with Gasteiger partial charge >= 0.3 is 0 Å². The standard InChI is InChI=1S/C13H27N3O2/c1-12(2)3-4-15-13(17)11-14-5-6-16-7-9-18-10-8-16/h12,14H,3-11H2,1-2H3,(H,15,17). The van der Waals surface area contributed by atoms with Crippen LogP contribution in [0.5, 0.6) is 0 Å². The lowest BCUT2D eigenvalue weighted by atomic mass is 10.1.